The first-order chi connectivity index (χ1) is 12.2. The molecule has 1 aromatic heterocycles. The molecule has 0 radical (unpaired) electrons. The zero-order valence-corrected chi connectivity index (χ0v) is 18.9. The molecule has 0 unspecified atom stereocenters. The van der Waals surface area contributed by atoms with E-state index in [0.717, 1.165) is 16.7 Å². The van der Waals surface area contributed by atoms with Crippen molar-refractivity contribution in [1.82, 2.24) is 19.9 Å². The summed E-state index contributed by atoms with van der Waals surface area (Å²) in [5.41, 5.74) is -0.897. The number of sulfonamides is 1. The van der Waals surface area contributed by atoms with E-state index < -0.39 is 21.9 Å². The van der Waals surface area contributed by atoms with E-state index in [4.69, 9.17) is 0 Å². The number of hydrogen-bond acceptors (Lipinski definition) is 5. The molecule has 0 saturated carbocycles. The van der Waals surface area contributed by atoms with Crippen LogP contribution in [-0.2, 0) is 22.7 Å². The molecule has 156 valence electrons. The lowest BCUT2D eigenvalue weighted by molar-refractivity contribution is -0.140. The van der Waals surface area contributed by atoms with Gasteiger partial charge in [0.1, 0.15) is 5.01 Å². The molecule has 2 N–H and O–H groups in total. The molecule has 1 aliphatic heterocycles. The number of nitrogens with zero attached hydrogens (tertiary/aromatic N) is 3. The molecule has 0 bridgehead atoms. The monoisotopic (exact) mass is 541 g/mol. The Hall–Kier alpha value is -0.670. The fraction of sp³-hybridized carbons (Fsp3) is 0.714. The largest absolute Gasteiger partial charge is 0.434 e. The van der Waals surface area contributed by atoms with E-state index in [1.165, 1.54) is 4.31 Å². The highest BCUT2D eigenvalue weighted by Gasteiger charge is 2.33. The minimum Gasteiger partial charge on any atom is -0.354 e. The molecule has 2 rings (SSSR count). The standard InChI is InChI=1S/C14H22F3N5O2S2.HI/c1-3-26(23,24)22-6-4-10(5-7-22)20-13(18-2)19-8-12-21-11(9-25-12)14(15,16)17;/h9-10H,3-8H2,1-2H3,(H2,18,19,20);1H. The molecule has 0 aromatic carbocycles. The molecule has 1 aromatic rings. The number of nitrogens with one attached hydrogen (secondary N) is 2. The van der Waals surface area contributed by atoms with Crippen molar-refractivity contribution >= 4 is 51.3 Å². The van der Waals surface area contributed by atoms with Crippen LogP contribution in [0.4, 0.5) is 13.2 Å². The summed E-state index contributed by atoms with van der Waals surface area (Å²) in [6.45, 7) is 2.62. The lowest BCUT2D eigenvalue weighted by atomic mass is 10.1. The summed E-state index contributed by atoms with van der Waals surface area (Å²) in [7, 11) is -1.61. The fourth-order valence-electron chi connectivity index (χ4n) is 2.53. The maximum Gasteiger partial charge on any atom is 0.434 e. The summed E-state index contributed by atoms with van der Waals surface area (Å²) in [4.78, 5) is 7.61. The van der Waals surface area contributed by atoms with Crippen LogP contribution >= 0.6 is 35.3 Å². The lowest BCUT2D eigenvalue weighted by Gasteiger charge is -2.32. The molecule has 0 spiro atoms. The third kappa shape index (κ3) is 7.02. The number of piperidine rings is 1. The molecular formula is C14H23F3IN5O2S2. The van der Waals surface area contributed by atoms with Gasteiger partial charge in [0.15, 0.2) is 11.7 Å². The van der Waals surface area contributed by atoms with Gasteiger partial charge in [-0.3, -0.25) is 4.99 Å². The Kier molecular flexibility index (Phi) is 9.21. The van der Waals surface area contributed by atoms with E-state index in [9.17, 15) is 21.6 Å². The second kappa shape index (κ2) is 10.2. The Labute approximate surface area is 177 Å². The van der Waals surface area contributed by atoms with Crippen molar-refractivity contribution in [1.29, 1.82) is 0 Å². The number of hydrogen-bond donors (Lipinski definition) is 2. The summed E-state index contributed by atoms with van der Waals surface area (Å²) in [5.74, 6) is 0.535. The smallest absolute Gasteiger partial charge is 0.354 e. The van der Waals surface area contributed by atoms with Crippen LogP contribution in [0.25, 0.3) is 0 Å². The summed E-state index contributed by atoms with van der Waals surface area (Å²) in [6.07, 6.45) is -3.17. The predicted molar refractivity (Wildman–Crippen MR) is 110 cm³/mol. The highest BCUT2D eigenvalue weighted by molar-refractivity contribution is 14.0. The van der Waals surface area contributed by atoms with Crippen molar-refractivity contribution in [2.24, 2.45) is 4.99 Å². The Morgan fingerprint density at radius 3 is 2.52 bits per heavy atom. The third-order valence-corrected chi connectivity index (χ3v) is 6.76. The van der Waals surface area contributed by atoms with Gasteiger partial charge in [-0.1, -0.05) is 0 Å². The Morgan fingerprint density at radius 1 is 1.41 bits per heavy atom. The number of alkyl halides is 3. The highest BCUT2D eigenvalue weighted by atomic mass is 127. The number of thiazole rings is 1. The van der Waals surface area contributed by atoms with Crippen molar-refractivity contribution < 1.29 is 21.6 Å². The molecular weight excluding hydrogens is 518 g/mol. The summed E-state index contributed by atoms with van der Waals surface area (Å²) < 4.78 is 62.9. The molecule has 0 amide bonds. The van der Waals surface area contributed by atoms with Crippen LogP contribution in [0.2, 0.25) is 0 Å². The number of halogens is 4. The molecule has 1 aliphatic rings. The van der Waals surface area contributed by atoms with Gasteiger partial charge >= 0.3 is 6.18 Å². The van der Waals surface area contributed by atoms with Crippen molar-refractivity contribution in [3.05, 3.63) is 16.1 Å². The Bertz CT molecular complexity index is 731. The quantitative estimate of drug-likeness (QED) is 0.340. The van der Waals surface area contributed by atoms with E-state index >= 15 is 0 Å². The molecule has 1 saturated heterocycles. The van der Waals surface area contributed by atoms with E-state index in [0.29, 0.717) is 36.9 Å². The van der Waals surface area contributed by atoms with Gasteiger partial charge in [0, 0.05) is 31.6 Å². The van der Waals surface area contributed by atoms with E-state index in [1.54, 1.807) is 14.0 Å². The van der Waals surface area contributed by atoms with Crippen LogP contribution < -0.4 is 10.6 Å². The van der Waals surface area contributed by atoms with Gasteiger partial charge in [-0.15, -0.1) is 35.3 Å². The van der Waals surface area contributed by atoms with Gasteiger partial charge in [0.25, 0.3) is 0 Å². The highest BCUT2D eigenvalue weighted by Crippen LogP contribution is 2.29. The summed E-state index contributed by atoms with van der Waals surface area (Å²) in [6, 6.07) is 0.0477. The van der Waals surface area contributed by atoms with Crippen LogP contribution in [0, 0.1) is 0 Å². The van der Waals surface area contributed by atoms with E-state index in [2.05, 4.69) is 20.6 Å². The number of aromatic nitrogens is 1. The molecule has 0 atom stereocenters. The predicted octanol–water partition coefficient (Wildman–Crippen LogP) is 2.26. The van der Waals surface area contributed by atoms with Crippen molar-refractivity contribution in [3.63, 3.8) is 0 Å². The lowest BCUT2D eigenvalue weighted by Crippen LogP contribution is -2.49. The van der Waals surface area contributed by atoms with Gasteiger partial charge < -0.3 is 10.6 Å². The van der Waals surface area contributed by atoms with E-state index in [1.807, 2.05) is 0 Å². The van der Waals surface area contributed by atoms with Gasteiger partial charge in [-0.25, -0.2) is 17.7 Å². The average Bonchev–Trinajstić information content (AvgIpc) is 3.08. The molecule has 2 heterocycles. The second-order valence-corrected chi connectivity index (χ2v) is 8.97. The van der Waals surface area contributed by atoms with Gasteiger partial charge in [0.2, 0.25) is 10.0 Å². The fourth-order valence-corrected chi connectivity index (χ4v) is 4.40. The zero-order chi connectivity index (χ0) is 19.4. The van der Waals surface area contributed by atoms with Crippen LogP contribution in [0.15, 0.2) is 10.4 Å². The molecule has 27 heavy (non-hydrogen) atoms. The van der Waals surface area contributed by atoms with Crippen LogP contribution in [0.1, 0.15) is 30.5 Å². The number of guanidine groups is 1. The maximum atomic E-state index is 12.6. The minimum atomic E-state index is -4.44. The molecule has 7 nitrogen and oxygen atoms in total. The summed E-state index contributed by atoms with van der Waals surface area (Å²) in [5, 5.41) is 7.41. The zero-order valence-electron chi connectivity index (χ0n) is 14.9. The normalized spacial score (nSPS) is 17.4. The van der Waals surface area contributed by atoms with Gasteiger partial charge in [0.05, 0.1) is 12.3 Å². The second-order valence-electron chi connectivity index (χ2n) is 5.77. The van der Waals surface area contributed by atoms with Gasteiger partial charge in [-0.05, 0) is 19.8 Å². The van der Waals surface area contributed by atoms with Crippen LogP contribution in [0.5, 0.6) is 0 Å². The SMILES string of the molecule is CCS(=O)(=O)N1CCC(NC(=NC)NCc2nc(C(F)(F)F)cs2)CC1.I. The number of rotatable bonds is 5. The third-order valence-electron chi connectivity index (χ3n) is 4.03. The molecule has 13 heteroatoms. The first kappa shape index (κ1) is 24.4. The van der Waals surface area contributed by atoms with Crippen molar-refractivity contribution in [2.45, 2.75) is 38.5 Å². The molecule has 0 aliphatic carbocycles. The topological polar surface area (TPSA) is 86.7 Å². The average molecular weight is 541 g/mol. The van der Waals surface area contributed by atoms with Crippen molar-refractivity contribution in [2.75, 3.05) is 25.9 Å². The maximum absolute atomic E-state index is 12.6. The first-order valence-corrected chi connectivity index (χ1v) is 10.6. The first-order valence-electron chi connectivity index (χ1n) is 8.12. The van der Waals surface area contributed by atoms with E-state index in [-0.39, 0.29) is 42.3 Å². The summed E-state index contributed by atoms with van der Waals surface area (Å²) >= 11 is 0.931. The van der Waals surface area contributed by atoms with Crippen molar-refractivity contribution in [3.8, 4) is 0 Å². The minimum absolute atomic E-state index is 0. The van der Waals surface area contributed by atoms with Gasteiger partial charge in [-0.2, -0.15) is 13.2 Å². The van der Waals surface area contributed by atoms with Crippen LogP contribution in [-0.4, -0.2) is 55.6 Å². The molecule has 1 fully saturated rings. The van der Waals surface area contributed by atoms with Crippen LogP contribution in [0.3, 0.4) is 0 Å². The Balaban J connectivity index is 0.00000364. The number of aliphatic imine (C=N–C) groups is 1. The Morgan fingerprint density at radius 2 is 2.04 bits per heavy atom.